The van der Waals surface area contributed by atoms with Crippen LogP contribution in [0.5, 0.6) is 5.75 Å². The van der Waals surface area contributed by atoms with Crippen molar-refractivity contribution in [3.05, 3.63) is 60.2 Å². The smallest absolute Gasteiger partial charge is 0.123 e. The first-order valence-electron chi connectivity index (χ1n) is 8.32. The lowest BCUT2D eigenvalue weighted by Gasteiger charge is -2.35. The van der Waals surface area contributed by atoms with E-state index in [1.807, 2.05) is 12.4 Å². The van der Waals surface area contributed by atoms with Gasteiger partial charge in [0.1, 0.15) is 18.2 Å². The highest BCUT2D eigenvalue weighted by Crippen LogP contribution is 2.43. The van der Waals surface area contributed by atoms with Crippen molar-refractivity contribution in [3.63, 3.8) is 0 Å². The van der Waals surface area contributed by atoms with Crippen molar-refractivity contribution in [3.8, 4) is 5.75 Å². The topological polar surface area (TPSA) is 25.4 Å². The maximum atomic E-state index is 13.0. The van der Waals surface area contributed by atoms with Crippen LogP contribution in [0.4, 0.5) is 4.39 Å². The Kier molecular flexibility index (Phi) is 4.00. The molecule has 1 aromatic carbocycles. The van der Waals surface area contributed by atoms with Gasteiger partial charge < -0.3 is 4.74 Å². The van der Waals surface area contributed by atoms with Crippen LogP contribution < -0.4 is 4.74 Å². The Morgan fingerprint density at radius 3 is 2.65 bits per heavy atom. The third-order valence-electron chi connectivity index (χ3n) is 5.23. The van der Waals surface area contributed by atoms with Crippen LogP contribution in [0, 0.1) is 11.7 Å². The molecule has 2 aliphatic rings. The Morgan fingerprint density at radius 1 is 1.09 bits per heavy atom. The second-order valence-electron chi connectivity index (χ2n) is 6.59. The van der Waals surface area contributed by atoms with Crippen molar-refractivity contribution < 1.29 is 9.13 Å². The molecule has 0 spiro atoms. The van der Waals surface area contributed by atoms with Crippen LogP contribution in [-0.4, -0.2) is 28.6 Å². The molecule has 2 heterocycles. The zero-order chi connectivity index (χ0) is 15.6. The number of rotatable bonds is 5. The molecule has 120 valence electrons. The molecule has 0 unspecified atom stereocenters. The standard InChI is InChI=1S/C19H21FN2O/c20-16-2-5-18(6-3-16)23-13-19-15-1-4-17(11-15)22(19)12-14-7-9-21-10-8-14/h2-3,5-10,15,17,19H,1,4,11-13H2/t15-,17-,19+/m1/s1. The van der Waals surface area contributed by atoms with E-state index >= 15 is 0 Å². The number of fused-ring (bicyclic) bond motifs is 2. The molecule has 3 atom stereocenters. The average molecular weight is 312 g/mol. The summed E-state index contributed by atoms with van der Waals surface area (Å²) in [5.41, 5.74) is 1.30. The van der Waals surface area contributed by atoms with Crippen LogP contribution in [0.1, 0.15) is 24.8 Å². The van der Waals surface area contributed by atoms with Gasteiger partial charge in [0.15, 0.2) is 0 Å². The zero-order valence-corrected chi connectivity index (χ0v) is 13.1. The monoisotopic (exact) mass is 312 g/mol. The summed E-state index contributed by atoms with van der Waals surface area (Å²) in [6.07, 6.45) is 7.58. The number of piperidine rings is 1. The highest BCUT2D eigenvalue weighted by molar-refractivity contribution is 5.22. The van der Waals surface area contributed by atoms with E-state index in [0.717, 1.165) is 18.2 Å². The van der Waals surface area contributed by atoms with Crippen LogP contribution in [0.2, 0.25) is 0 Å². The van der Waals surface area contributed by atoms with Crippen LogP contribution in [0.15, 0.2) is 48.8 Å². The molecule has 23 heavy (non-hydrogen) atoms. The summed E-state index contributed by atoms with van der Waals surface area (Å²) in [4.78, 5) is 6.69. The number of ether oxygens (including phenoxy) is 1. The summed E-state index contributed by atoms with van der Waals surface area (Å²) < 4.78 is 18.9. The van der Waals surface area contributed by atoms with Gasteiger partial charge in [0, 0.05) is 31.0 Å². The van der Waals surface area contributed by atoms with Crippen LogP contribution in [0.25, 0.3) is 0 Å². The molecule has 2 aromatic rings. The highest BCUT2D eigenvalue weighted by Gasteiger charge is 2.45. The van der Waals surface area contributed by atoms with Gasteiger partial charge in [-0.3, -0.25) is 9.88 Å². The zero-order valence-electron chi connectivity index (χ0n) is 13.1. The van der Waals surface area contributed by atoms with E-state index in [1.54, 1.807) is 12.1 Å². The van der Waals surface area contributed by atoms with Gasteiger partial charge in [-0.1, -0.05) is 0 Å². The van der Waals surface area contributed by atoms with E-state index in [2.05, 4.69) is 22.0 Å². The number of aromatic nitrogens is 1. The van der Waals surface area contributed by atoms with Gasteiger partial charge in [-0.2, -0.15) is 0 Å². The number of nitrogens with zero attached hydrogens (tertiary/aromatic N) is 2. The van der Waals surface area contributed by atoms with E-state index in [1.165, 1.54) is 37.0 Å². The van der Waals surface area contributed by atoms with Gasteiger partial charge >= 0.3 is 0 Å². The van der Waals surface area contributed by atoms with Crippen LogP contribution in [-0.2, 0) is 6.54 Å². The summed E-state index contributed by atoms with van der Waals surface area (Å²) in [7, 11) is 0. The number of hydrogen-bond donors (Lipinski definition) is 0. The molecule has 2 bridgehead atoms. The largest absolute Gasteiger partial charge is 0.492 e. The molecule has 0 radical (unpaired) electrons. The Bertz CT molecular complexity index is 646. The fraction of sp³-hybridized carbons (Fsp3) is 0.421. The molecule has 1 aliphatic carbocycles. The van der Waals surface area contributed by atoms with Gasteiger partial charge in [0.05, 0.1) is 0 Å². The summed E-state index contributed by atoms with van der Waals surface area (Å²) in [5, 5.41) is 0. The fourth-order valence-corrected chi connectivity index (χ4v) is 4.07. The predicted molar refractivity (Wildman–Crippen MR) is 86.6 cm³/mol. The van der Waals surface area contributed by atoms with Crippen molar-refractivity contribution in [2.45, 2.75) is 37.9 Å². The lowest BCUT2D eigenvalue weighted by molar-refractivity contribution is 0.0867. The molecule has 1 saturated carbocycles. The van der Waals surface area contributed by atoms with E-state index in [4.69, 9.17) is 4.74 Å². The lowest BCUT2D eigenvalue weighted by Crippen LogP contribution is -2.43. The van der Waals surface area contributed by atoms with Crippen LogP contribution >= 0.6 is 0 Å². The third-order valence-corrected chi connectivity index (χ3v) is 5.23. The molecule has 4 heteroatoms. The average Bonchev–Trinajstić information content (AvgIpc) is 3.17. The van der Waals surface area contributed by atoms with E-state index in [9.17, 15) is 4.39 Å². The van der Waals surface area contributed by atoms with Crippen molar-refractivity contribution in [2.24, 2.45) is 5.92 Å². The maximum Gasteiger partial charge on any atom is 0.123 e. The number of hydrogen-bond acceptors (Lipinski definition) is 3. The van der Waals surface area contributed by atoms with Gasteiger partial charge in [-0.15, -0.1) is 0 Å². The predicted octanol–water partition coefficient (Wildman–Crippen LogP) is 3.65. The second kappa shape index (κ2) is 6.28. The Hall–Kier alpha value is -1.94. The second-order valence-corrected chi connectivity index (χ2v) is 6.59. The minimum atomic E-state index is -0.225. The molecule has 0 amide bonds. The van der Waals surface area contributed by atoms with E-state index in [-0.39, 0.29) is 5.82 Å². The molecule has 1 saturated heterocycles. The molecule has 2 fully saturated rings. The summed E-state index contributed by atoms with van der Waals surface area (Å²) >= 11 is 0. The fourth-order valence-electron chi connectivity index (χ4n) is 4.07. The van der Waals surface area contributed by atoms with Crippen LogP contribution in [0.3, 0.4) is 0 Å². The minimum absolute atomic E-state index is 0.225. The molecule has 1 aliphatic heterocycles. The highest BCUT2D eigenvalue weighted by atomic mass is 19.1. The van der Waals surface area contributed by atoms with Gasteiger partial charge in [-0.05, 0) is 67.1 Å². The number of halogens is 1. The third kappa shape index (κ3) is 3.08. The molecular formula is C19H21FN2O. The lowest BCUT2D eigenvalue weighted by atomic mass is 9.99. The first-order chi connectivity index (χ1) is 11.3. The van der Waals surface area contributed by atoms with E-state index < -0.39 is 0 Å². The molecule has 4 rings (SSSR count). The Labute approximate surface area is 136 Å². The first kappa shape index (κ1) is 14.6. The Balaban J connectivity index is 1.44. The maximum absolute atomic E-state index is 13.0. The molecule has 3 nitrogen and oxygen atoms in total. The van der Waals surface area contributed by atoms with Crippen molar-refractivity contribution in [2.75, 3.05) is 6.61 Å². The number of pyridine rings is 1. The summed E-state index contributed by atoms with van der Waals surface area (Å²) in [6.45, 7) is 1.64. The summed E-state index contributed by atoms with van der Waals surface area (Å²) in [5.74, 6) is 1.25. The quantitative estimate of drug-likeness (QED) is 0.842. The van der Waals surface area contributed by atoms with Gasteiger partial charge in [-0.25, -0.2) is 4.39 Å². The van der Waals surface area contributed by atoms with E-state index in [0.29, 0.717) is 18.7 Å². The SMILES string of the molecule is Fc1ccc(OC[C@H]2[C@@H]3CC[C@H](C3)N2Cc2ccncc2)cc1. The molecular weight excluding hydrogens is 291 g/mol. The molecule has 0 N–H and O–H groups in total. The van der Waals surface area contributed by atoms with Gasteiger partial charge in [0.25, 0.3) is 0 Å². The normalized spacial score (nSPS) is 26.6. The first-order valence-corrected chi connectivity index (χ1v) is 8.32. The van der Waals surface area contributed by atoms with Crippen molar-refractivity contribution >= 4 is 0 Å². The Morgan fingerprint density at radius 2 is 1.87 bits per heavy atom. The van der Waals surface area contributed by atoms with Gasteiger partial charge in [0.2, 0.25) is 0 Å². The minimum Gasteiger partial charge on any atom is -0.492 e. The van der Waals surface area contributed by atoms with Crippen molar-refractivity contribution in [1.29, 1.82) is 0 Å². The van der Waals surface area contributed by atoms with Crippen molar-refractivity contribution in [1.82, 2.24) is 9.88 Å². The summed E-state index contributed by atoms with van der Waals surface area (Å²) in [6, 6.07) is 11.6. The molecule has 1 aromatic heterocycles. The number of benzene rings is 1. The number of likely N-dealkylation sites (tertiary alicyclic amines) is 1.